The SMILES string of the molecule is Cc1c(O)n(Cc2ccc(C#N)cc2)c(=O)[nH]c1=O. The van der Waals surface area contributed by atoms with Crippen LogP contribution in [0.2, 0.25) is 0 Å². The van der Waals surface area contributed by atoms with Gasteiger partial charge in [-0.3, -0.25) is 14.3 Å². The number of nitrogens with one attached hydrogen (secondary N) is 1. The van der Waals surface area contributed by atoms with Gasteiger partial charge in [0.1, 0.15) is 0 Å². The van der Waals surface area contributed by atoms with Crippen LogP contribution in [-0.4, -0.2) is 14.7 Å². The third-order valence-corrected chi connectivity index (χ3v) is 2.82. The molecule has 6 heteroatoms. The van der Waals surface area contributed by atoms with Crippen LogP contribution in [0.25, 0.3) is 0 Å². The molecule has 0 saturated carbocycles. The number of H-pyrrole nitrogens is 1. The summed E-state index contributed by atoms with van der Waals surface area (Å²) in [6, 6.07) is 8.60. The summed E-state index contributed by atoms with van der Waals surface area (Å²) in [6.07, 6.45) is 0. The highest BCUT2D eigenvalue weighted by Gasteiger charge is 2.10. The summed E-state index contributed by atoms with van der Waals surface area (Å²) in [4.78, 5) is 25.0. The minimum Gasteiger partial charge on any atom is -0.494 e. The second-order valence-electron chi connectivity index (χ2n) is 4.10. The van der Waals surface area contributed by atoms with Gasteiger partial charge in [-0.2, -0.15) is 5.26 Å². The highest BCUT2D eigenvalue weighted by atomic mass is 16.3. The summed E-state index contributed by atoms with van der Waals surface area (Å²) in [5.74, 6) is -0.349. The van der Waals surface area contributed by atoms with E-state index in [2.05, 4.69) is 4.98 Å². The van der Waals surface area contributed by atoms with Gasteiger partial charge >= 0.3 is 5.69 Å². The van der Waals surface area contributed by atoms with Crippen molar-refractivity contribution >= 4 is 0 Å². The first-order chi connectivity index (χ1) is 9.02. The van der Waals surface area contributed by atoms with Crippen LogP contribution in [0.15, 0.2) is 33.9 Å². The van der Waals surface area contributed by atoms with Gasteiger partial charge in [-0.25, -0.2) is 4.79 Å². The van der Waals surface area contributed by atoms with E-state index in [1.54, 1.807) is 24.3 Å². The van der Waals surface area contributed by atoms with Crippen LogP contribution in [0.1, 0.15) is 16.7 Å². The maximum Gasteiger partial charge on any atom is 0.331 e. The molecule has 2 N–H and O–H groups in total. The van der Waals surface area contributed by atoms with Crippen molar-refractivity contribution in [3.8, 4) is 11.9 Å². The van der Waals surface area contributed by atoms with Gasteiger partial charge in [-0.1, -0.05) is 12.1 Å². The van der Waals surface area contributed by atoms with Gasteiger partial charge in [0.2, 0.25) is 5.88 Å². The summed E-state index contributed by atoms with van der Waals surface area (Å²) in [5.41, 5.74) is 0.0742. The van der Waals surface area contributed by atoms with E-state index in [9.17, 15) is 14.7 Å². The number of benzene rings is 1. The maximum atomic E-state index is 11.6. The van der Waals surface area contributed by atoms with Crippen molar-refractivity contribution in [3.63, 3.8) is 0 Å². The molecule has 0 radical (unpaired) electrons. The summed E-state index contributed by atoms with van der Waals surface area (Å²) >= 11 is 0. The Morgan fingerprint density at radius 2 is 1.95 bits per heavy atom. The van der Waals surface area contributed by atoms with E-state index in [0.29, 0.717) is 5.56 Å². The number of rotatable bonds is 2. The molecule has 0 aliphatic rings. The second-order valence-corrected chi connectivity index (χ2v) is 4.10. The minimum atomic E-state index is -0.669. The number of aromatic amines is 1. The van der Waals surface area contributed by atoms with Gasteiger partial charge in [0.25, 0.3) is 5.56 Å². The monoisotopic (exact) mass is 257 g/mol. The van der Waals surface area contributed by atoms with E-state index < -0.39 is 11.2 Å². The van der Waals surface area contributed by atoms with Crippen LogP contribution in [0.3, 0.4) is 0 Å². The lowest BCUT2D eigenvalue weighted by atomic mass is 10.1. The van der Waals surface area contributed by atoms with Gasteiger partial charge in [0.05, 0.1) is 23.7 Å². The highest BCUT2D eigenvalue weighted by molar-refractivity contribution is 5.32. The van der Waals surface area contributed by atoms with Crippen LogP contribution in [0.4, 0.5) is 0 Å². The number of aromatic nitrogens is 2. The van der Waals surface area contributed by atoms with Crippen molar-refractivity contribution in [1.82, 2.24) is 9.55 Å². The number of nitriles is 1. The lowest BCUT2D eigenvalue weighted by Crippen LogP contribution is -2.31. The number of hydrogen-bond acceptors (Lipinski definition) is 4. The molecule has 1 heterocycles. The average Bonchev–Trinajstić information content (AvgIpc) is 2.42. The van der Waals surface area contributed by atoms with Gasteiger partial charge in [-0.15, -0.1) is 0 Å². The molecule has 0 saturated heterocycles. The molecule has 0 unspecified atom stereocenters. The molecule has 96 valence electrons. The predicted molar refractivity (Wildman–Crippen MR) is 68.0 cm³/mol. The summed E-state index contributed by atoms with van der Waals surface area (Å²) < 4.78 is 1.07. The zero-order chi connectivity index (χ0) is 14.0. The van der Waals surface area contributed by atoms with E-state index >= 15 is 0 Å². The molecule has 0 amide bonds. The van der Waals surface area contributed by atoms with Crippen molar-refractivity contribution in [2.45, 2.75) is 13.5 Å². The first-order valence-electron chi connectivity index (χ1n) is 5.54. The fourth-order valence-electron chi connectivity index (χ4n) is 1.67. The molecule has 0 atom stereocenters. The normalized spacial score (nSPS) is 10.1. The van der Waals surface area contributed by atoms with E-state index in [1.165, 1.54) is 6.92 Å². The van der Waals surface area contributed by atoms with E-state index in [4.69, 9.17) is 5.26 Å². The molecule has 6 nitrogen and oxygen atoms in total. The Kier molecular flexibility index (Phi) is 3.21. The van der Waals surface area contributed by atoms with Crippen LogP contribution < -0.4 is 11.2 Å². The Balaban J connectivity index is 2.44. The third kappa shape index (κ3) is 2.40. The fraction of sp³-hybridized carbons (Fsp3) is 0.154. The van der Waals surface area contributed by atoms with Crippen LogP contribution in [-0.2, 0) is 6.54 Å². The van der Waals surface area contributed by atoms with Crippen molar-refractivity contribution in [2.24, 2.45) is 0 Å². The summed E-state index contributed by atoms with van der Waals surface area (Å²) in [5, 5.41) is 18.5. The molecule has 0 spiro atoms. The fourth-order valence-corrected chi connectivity index (χ4v) is 1.67. The Bertz CT molecular complexity index is 764. The molecular formula is C13H11N3O3. The lowest BCUT2D eigenvalue weighted by molar-refractivity contribution is 0.404. The topological polar surface area (TPSA) is 98.9 Å². The first kappa shape index (κ1) is 12.6. The lowest BCUT2D eigenvalue weighted by Gasteiger charge is -2.09. The van der Waals surface area contributed by atoms with Crippen molar-refractivity contribution in [2.75, 3.05) is 0 Å². The smallest absolute Gasteiger partial charge is 0.331 e. The number of aromatic hydroxyl groups is 1. The average molecular weight is 257 g/mol. The number of nitrogens with zero attached hydrogens (tertiary/aromatic N) is 2. The largest absolute Gasteiger partial charge is 0.494 e. The first-order valence-corrected chi connectivity index (χ1v) is 5.54. The van der Waals surface area contributed by atoms with Gasteiger partial charge in [-0.05, 0) is 24.6 Å². The molecule has 19 heavy (non-hydrogen) atoms. The second kappa shape index (κ2) is 4.82. The predicted octanol–water partition coefficient (Wildman–Crippen LogP) is 0.471. The Morgan fingerprint density at radius 1 is 1.32 bits per heavy atom. The number of hydrogen-bond donors (Lipinski definition) is 2. The van der Waals surface area contributed by atoms with E-state index in [1.807, 2.05) is 6.07 Å². The molecule has 1 aromatic carbocycles. The standard InChI is InChI=1S/C13H11N3O3/c1-8-11(17)15-13(19)16(12(8)18)7-10-4-2-9(6-14)3-5-10/h2-5,18H,7H2,1H3,(H,15,17,19). The van der Waals surface area contributed by atoms with Crippen LogP contribution in [0.5, 0.6) is 5.88 Å². The molecule has 2 aromatic rings. The molecule has 1 aromatic heterocycles. The summed E-state index contributed by atoms with van der Waals surface area (Å²) in [6.45, 7) is 1.55. The molecule has 0 fully saturated rings. The quantitative estimate of drug-likeness (QED) is 0.816. The highest BCUT2D eigenvalue weighted by Crippen LogP contribution is 2.11. The van der Waals surface area contributed by atoms with E-state index in [0.717, 1.165) is 10.1 Å². The van der Waals surface area contributed by atoms with Gasteiger partial charge < -0.3 is 5.11 Å². The minimum absolute atomic E-state index is 0.0910. The Labute approximate surface area is 108 Å². The van der Waals surface area contributed by atoms with Crippen LogP contribution in [0, 0.1) is 18.3 Å². The Morgan fingerprint density at radius 3 is 2.53 bits per heavy atom. The molecule has 0 bridgehead atoms. The summed E-state index contributed by atoms with van der Waals surface area (Å²) in [7, 11) is 0. The Hall–Kier alpha value is -2.81. The van der Waals surface area contributed by atoms with E-state index in [-0.39, 0.29) is 18.0 Å². The molecule has 0 aliphatic heterocycles. The van der Waals surface area contributed by atoms with Crippen molar-refractivity contribution in [1.29, 1.82) is 5.26 Å². The maximum absolute atomic E-state index is 11.6. The van der Waals surface area contributed by atoms with Crippen molar-refractivity contribution < 1.29 is 5.11 Å². The molecule has 2 rings (SSSR count). The van der Waals surface area contributed by atoms with Gasteiger partial charge in [0, 0.05) is 0 Å². The molecule has 0 aliphatic carbocycles. The molecular weight excluding hydrogens is 246 g/mol. The van der Waals surface area contributed by atoms with Crippen molar-refractivity contribution in [3.05, 3.63) is 61.8 Å². The zero-order valence-corrected chi connectivity index (χ0v) is 10.2. The zero-order valence-electron chi connectivity index (χ0n) is 10.2. The van der Waals surface area contributed by atoms with Gasteiger partial charge in [0.15, 0.2) is 0 Å². The van der Waals surface area contributed by atoms with Crippen LogP contribution >= 0.6 is 0 Å². The third-order valence-electron chi connectivity index (χ3n) is 2.82.